The van der Waals surface area contributed by atoms with Crippen LogP contribution in [0.2, 0.25) is 0 Å². The van der Waals surface area contributed by atoms with Crippen LogP contribution in [0, 0.1) is 5.92 Å². The number of hydrogen-bond donors (Lipinski definition) is 2. The molecule has 0 saturated heterocycles. The molecule has 2 N–H and O–H groups in total. The lowest BCUT2D eigenvalue weighted by Crippen LogP contribution is -2.46. The maximum atomic E-state index is 12.1. The van der Waals surface area contributed by atoms with Crippen molar-refractivity contribution < 1.29 is 24.0 Å². The molecule has 0 aromatic carbocycles. The third-order valence-corrected chi connectivity index (χ3v) is 3.75. The van der Waals surface area contributed by atoms with Gasteiger partial charge in [0, 0.05) is 13.2 Å². The van der Waals surface area contributed by atoms with Crippen molar-refractivity contribution in [2.45, 2.75) is 44.8 Å². The predicted molar refractivity (Wildman–Crippen MR) is 72.7 cm³/mol. The molecule has 21 heavy (non-hydrogen) atoms. The summed E-state index contributed by atoms with van der Waals surface area (Å²) in [5.74, 6) is -1.13. The molecule has 1 unspecified atom stereocenters. The molecule has 1 atom stereocenters. The zero-order valence-electron chi connectivity index (χ0n) is 12.0. The number of aromatic nitrogens is 1. The Labute approximate surface area is 122 Å². The number of methoxy groups -OCH3 is 1. The molecule has 116 valence electrons. The van der Waals surface area contributed by atoms with Gasteiger partial charge in [0.05, 0.1) is 0 Å². The fraction of sp³-hybridized carbons (Fsp3) is 0.643. The predicted octanol–water partition coefficient (Wildman–Crippen LogP) is 1.58. The van der Waals surface area contributed by atoms with Gasteiger partial charge >= 0.3 is 5.97 Å². The maximum Gasteiger partial charge on any atom is 0.326 e. The first-order chi connectivity index (χ1) is 10.1. The monoisotopic (exact) mass is 296 g/mol. The van der Waals surface area contributed by atoms with Crippen molar-refractivity contribution in [3.8, 4) is 0 Å². The number of nitrogens with one attached hydrogen (secondary N) is 1. The van der Waals surface area contributed by atoms with E-state index in [1.807, 2.05) is 0 Å². The van der Waals surface area contributed by atoms with E-state index in [9.17, 15) is 14.7 Å². The summed E-state index contributed by atoms with van der Waals surface area (Å²) in [7, 11) is 1.51. The van der Waals surface area contributed by atoms with E-state index in [0.29, 0.717) is 5.76 Å². The van der Waals surface area contributed by atoms with E-state index < -0.39 is 17.9 Å². The van der Waals surface area contributed by atoms with Gasteiger partial charge in [-0.05, 0) is 18.8 Å². The molecule has 7 heteroatoms. The first-order valence-electron chi connectivity index (χ1n) is 7.10. The Hall–Kier alpha value is -1.89. The van der Waals surface area contributed by atoms with Crippen molar-refractivity contribution in [1.29, 1.82) is 0 Å². The van der Waals surface area contributed by atoms with Gasteiger partial charge in [-0.3, -0.25) is 4.79 Å². The van der Waals surface area contributed by atoms with E-state index in [0.717, 1.165) is 32.1 Å². The summed E-state index contributed by atoms with van der Waals surface area (Å²) >= 11 is 0. The SMILES string of the molecule is COCc1cc(C(=O)NC(C(=O)O)C2CCCCC2)no1. The maximum absolute atomic E-state index is 12.1. The number of carboxylic acid groups (broad SMARTS) is 1. The third kappa shape index (κ3) is 4.04. The van der Waals surface area contributed by atoms with E-state index in [4.69, 9.17) is 9.26 Å². The summed E-state index contributed by atoms with van der Waals surface area (Å²) < 4.78 is 9.81. The van der Waals surface area contributed by atoms with Crippen LogP contribution in [0.15, 0.2) is 10.6 Å². The lowest BCUT2D eigenvalue weighted by molar-refractivity contribution is -0.141. The molecule has 0 radical (unpaired) electrons. The molecule has 7 nitrogen and oxygen atoms in total. The molecule has 2 rings (SSSR count). The Morgan fingerprint density at radius 1 is 1.48 bits per heavy atom. The Bertz CT molecular complexity index is 493. The second-order valence-corrected chi connectivity index (χ2v) is 5.30. The lowest BCUT2D eigenvalue weighted by Gasteiger charge is -2.27. The summed E-state index contributed by atoms with van der Waals surface area (Å²) in [5.41, 5.74) is 0.0732. The number of carbonyl (C=O) groups is 2. The first-order valence-corrected chi connectivity index (χ1v) is 7.10. The number of carboxylic acids is 1. The van der Waals surface area contributed by atoms with Gasteiger partial charge in [0.1, 0.15) is 12.6 Å². The van der Waals surface area contributed by atoms with Gasteiger partial charge in [-0.1, -0.05) is 24.4 Å². The van der Waals surface area contributed by atoms with Crippen molar-refractivity contribution in [2.24, 2.45) is 5.92 Å². The zero-order chi connectivity index (χ0) is 15.2. The summed E-state index contributed by atoms with van der Waals surface area (Å²) in [5, 5.41) is 15.5. The van der Waals surface area contributed by atoms with Gasteiger partial charge in [-0.25, -0.2) is 4.79 Å². The minimum absolute atomic E-state index is 0.0226. The second-order valence-electron chi connectivity index (χ2n) is 5.30. The van der Waals surface area contributed by atoms with Gasteiger partial charge in [0.25, 0.3) is 5.91 Å². The highest BCUT2D eigenvalue weighted by molar-refractivity contribution is 5.95. The highest BCUT2D eigenvalue weighted by atomic mass is 16.5. The Morgan fingerprint density at radius 3 is 2.81 bits per heavy atom. The van der Waals surface area contributed by atoms with Crippen LogP contribution >= 0.6 is 0 Å². The molecule has 1 aromatic heterocycles. The van der Waals surface area contributed by atoms with Crippen molar-refractivity contribution >= 4 is 11.9 Å². The fourth-order valence-electron chi connectivity index (χ4n) is 2.69. The minimum atomic E-state index is -1.00. The average Bonchev–Trinajstić information content (AvgIpc) is 2.94. The number of aliphatic carboxylic acids is 1. The summed E-state index contributed by atoms with van der Waals surface area (Å²) in [4.78, 5) is 23.5. The standard InChI is InChI=1S/C14H20N2O5/c1-20-8-10-7-11(16-21-10)13(17)15-12(14(18)19)9-5-3-2-4-6-9/h7,9,12H,2-6,8H2,1H3,(H,15,17)(H,18,19). The summed E-state index contributed by atoms with van der Waals surface area (Å²) in [6.45, 7) is 0.214. The number of nitrogens with zero attached hydrogens (tertiary/aromatic N) is 1. The van der Waals surface area contributed by atoms with E-state index in [-0.39, 0.29) is 18.2 Å². The van der Waals surface area contributed by atoms with E-state index in [2.05, 4.69) is 10.5 Å². The number of carbonyl (C=O) groups excluding carboxylic acids is 1. The largest absolute Gasteiger partial charge is 0.480 e. The van der Waals surface area contributed by atoms with Crippen LogP contribution in [0.25, 0.3) is 0 Å². The van der Waals surface area contributed by atoms with Crippen LogP contribution in [0.4, 0.5) is 0 Å². The topological polar surface area (TPSA) is 102 Å². The van der Waals surface area contributed by atoms with E-state index in [1.165, 1.54) is 13.2 Å². The molecule has 0 bridgehead atoms. The number of amides is 1. The fourth-order valence-corrected chi connectivity index (χ4v) is 2.69. The molecular formula is C14H20N2O5. The summed E-state index contributed by atoms with van der Waals surface area (Å²) in [6.07, 6.45) is 4.79. The molecular weight excluding hydrogens is 276 g/mol. The van der Waals surface area contributed by atoms with Crippen molar-refractivity contribution in [3.05, 3.63) is 17.5 Å². The highest BCUT2D eigenvalue weighted by Crippen LogP contribution is 2.26. The normalized spacial score (nSPS) is 17.4. The van der Waals surface area contributed by atoms with Crippen LogP contribution in [-0.2, 0) is 16.1 Å². The molecule has 1 aromatic rings. The molecule has 1 saturated carbocycles. The Morgan fingerprint density at radius 2 is 2.19 bits per heavy atom. The van der Waals surface area contributed by atoms with Crippen LogP contribution < -0.4 is 5.32 Å². The molecule has 1 heterocycles. The molecule has 0 spiro atoms. The van der Waals surface area contributed by atoms with Gasteiger partial charge in [0.15, 0.2) is 11.5 Å². The van der Waals surface area contributed by atoms with Crippen LogP contribution in [0.5, 0.6) is 0 Å². The van der Waals surface area contributed by atoms with Crippen molar-refractivity contribution in [2.75, 3.05) is 7.11 Å². The van der Waals surface area contributed by atoms with Gasteiger partial charge in [-0.15, -0.1) is 0 Å². The van der Waals surface area contributed by atoms with Crippen molar-refractivity contribution in [1.82, 2.24) is 10.5 Å². The smallest absolute Gasteiger partial charge is 0.326 e. The van der Waals surface area contributed by atoms with Crippen molar-refractivity contribution in [3.63, 3.8) is 0 Å². The molecule has 1 aliphatic rings. The Balaban J connectivity index is 2.01. The van der Waals surface area contributed by atoms with Gasteiger partial charge < -0.3 is 19.7 Å². The van der Waals surface area contributed by atoms with Gasteiger partial charge in [0.2, 0.25) is 0 Å². The highest BCUT2D eigenvalue weighted by Gasteiger charge is 2.31. The second kappa shape index (κ2) is 7.21. The van der Waals surface area contributed by atoms with Gasteiger partial charge in [-0.2, -0.15) is 0 Å². The molecule has 1 amide bonds. The minimum Gasteiger partial charge on any atom is -0.480 e. The first kappa shape index (κ1) is 15.5. The van der Waals surface area contributed by atoms with E-state index >= 15 is 0 Å². The van der Waals surface area contributed by atoms with Crippen LogP contribution in [0.1, 0.15) is 48.4 Å². The Kier molecular flexibility index (Phi) is 5.32. The van der Waals surface area contributed by atoms with Crippen LogP contribution in [-0.4, -0.2) is 35.3 Å². The quantitative estimate of drug-likeness (QED) is 0.826. The molecule has 1 fully saturated rings. The molecule has 0 aliphatic heterocycles. The number of ether oxygens (including phenoxy) is 1. The zero-order valence-corrected chi connectivity index (χ0v) is 12.0. The van der Waals surface area contributed by atoms with Crippen LogP contribution in [0.3, 0.4) is 0 Å². The average molecular weight is 296 g/mol. The molecule has 1 aliphatic carbocycles. The van der Waals surface area contributed by atoms with E-state index in [1.54, 1.807) is 0 Å². The third-order valence-electron chi connectivity index (χ3n) is 3.75. The number of rotatable bonds is 6. The number of hydrogen-bond acceptors (Lipinski definition) is 5. The summed E-state index contributed by atoms with van der Waals surface area (Å²) in [6, 6.07) is 0.582. The lowest BCUT2D eigenvalue weighted by atomic mass is 9.84.